The maximum absolute atomic E-state index is 15.5. The number of nitro groups is 1. The van der Waals surface area contributed by atoms with Gasteiger partial charge < -0.3 is 24.5 Å². The summed E-state index contributed by atoms with van der Waals surface area (Å²) >= 11 is 0. The van der Waals surface area contributed by atoms with Crippen molar-refractivity contribution in [3.8, 4) is 11.4 Å². The molecule has 0 atom stereocenters. The third-order valence-corrected chi connectivity index (χ3v) is 7.33. The number of halogens is 2. The van der Waals surface area contributed by atoms with Crippen LogP contribution < -0.4 is 15.1 Å². The van der Waals surface area contributed by atoms with E-state index < -0.39 is 39.2 Å². The van der Waals surface area contributed by atoms with Gasteiger partial charge in [-0.3, -0.25) is 19.8 Å². The quantitative estimate of drug-likeness (QED) is 0.134. The maximum atomic E-state index is 15.5. The molecule has 0 bridgehead atoms. The number of piperazine rings is 1. The summed E-state index contributed by atoms with van der Waals surface area (Å²) < 4.78 is 36.8. The first-order valence-electron chi connectivity index (χ1n) is 13.0. The van der Waals surface area contributed by atoms with Crippen molar-refractivity contribution in [2.75, 3.05) is 44.7 Å². The first-order valence-corrected chi connectivity index (χ1v) is 13.0. The normalized spacial score (nSPS) is 14.2. The van der Waals surface area contributed by atoms with Crippen LogP contribution in [-0.2, 0) is 0 Å². The van der Waals surface area contributed by atoms with Crippen molar-refractivity contribution < 1.29 is 33.5 Å². The van der Waals surface area contributed by atoms with Gasteiger partial charge in [0.2, 0.25) is 5.43 Å². The number of oxime groups is 1. The first kappa shape index (κ1) is 29.1. The molecule has 1 aromatic heterocycles. The number of carbonyl (C=O) groups is 1. The number of carboxylic acids is 1. The number of anilines is 1. The van der Waals surface area contributed by atoms with Crippen LogP contribution >= 0.6 is 0 Å². The average molecular weight is 594 g/mol. The number of ether oxygens (including phenoxy) is 1. The summed E-state index contributed by atoms with van der Waals surface area (Å²) in [5.74, 6) is -2.74. The Bertz CT molecular complexity index is 1820. The van der Waals surface area contributed by atoms with E-state index in [-0.39, 0.29) is 22.3 Å². The smallest absolute Gasteiger partial charge is 0.341 e. The van der Waals surface area contributed by atoms with Crippen LogP contribution in [0.5, 0.6) is 5.75 Å². The Balaban J connectivity index is 1.46. The molecule has 1 aliphatic heterocycles. The topological polar surface area (TPSA) is 151 Å². The van der Waals surface area contributed by atoms with E-state index in [4.69, 9.17) is 4.74 Å². The Labute approximate surface area is 242 Å². The minimum absolute atomic E-state index is 0.0239. The van der Waals surface area contributed by atoms with Gasteiger partial charge in [-0.05, 0) is 42.5 Å². The number of hydrogen-bond acceptors (Lipinski definition) is 9. The summed E-state index contributed by atoms with van der Waals surface area (Å²) in [7, 11) is 1.55. The molecule has 14 heteroatoms. The minimum Gasteiger partial charge on any atom is -0.497 e. The Hall–Kier alpha value is -5.37. The Morgan fingerprint density at radius 2 is 1.70 bits per heavy atom. The van der Waals surface area contributed by atoms with Crippen molar-refractivity contribution in [1.29, 1.82) is 0 Å². The van der Waals surface area contributed by atoms with E-state index in [9.17, 15) is 30.0 Å². The third kappa shape index (κ3) is 5.72. The van der Waals surface area contributed by atoms with Crippen LogP contribution in [0.2, 0.25) is 0 Å². The van der Waals surface area contributed by atoms with E-state index in [0.29, 0.717) is 55.8 Å². The fourth-order valence-corrected chi connectivity index (χ4v) is 5.06. The molecule has 1 aliphatic rings. The van der Waals surface area contributed by atoms with Gasteiger partial charge in [0.1, 0.15) is 22.8 Å². The van der Waals surface area contributed by atoms with Gasteiger partial charge in [-0.15, -0.1) is 0 Å². The summed E-state index contributed by atoms with van der Waals surface area (Å²) in [5, 5.41) is 33.4. The van der Waals surface area contributed by atoms with Crippen molar-refractivity contribution in [2.45, 2.75) is 0 Å². The number of fused-ring (bicyclic) bond motifs is 1. The van der Waals surface area contributed by atoms with E-state index in [0.717, 1.165) is 29.0 Å². The van der Waals surface area contributed by atoms with Crippen LogP contribution in [0.3, 0.4) is 0 Å². The number of hydrogen-bond donors (Lipinski definition) is 2. The predicted octanol–water partition coefficient (Wildman–Crippen LogP) is 3.88. The monoisotopic (exact) mass is 593 g/mol. The highest BCUT2D eigenvalue weighted by molar-refractivity contribution is 6.01. The molecular formula is C29H25F2N5O7. The summed E-state index contributed by atoms with van der Waals surface area (Å²) in [6.07, 6.45) is 0.922. The number of aromatic nitrogens is 1. The molecule has 3 aromatic carbocycles. The summed E-state index contributed by atoms with van der Waals surface area (Å²) in [6.45, 7) is 1.97. The lowest BCUT2D eigenvalue weighted by atomic mass is 10.1. The average Bonchev–Trinajstić information content (AvgIpc) is 3.00. The van der Waals surface area contributed by atoms with E-state index in [1.807, 2.05) is 4.90 Å². The molecule has 0 radical (unpaired) electrons. The fourth-order valence-electron chi connectivity index (χ4n) is 5.06. The molecule has 0 saturated carbocycles. The number of aromatic carboxylic acids is 1. The molecule has 43 heavy (non-hydrogen) atoms. The molecule has 0 unspecified atom stereocenters. The van der Waals surface area contributed by atoms with E-state index in [1.54, 1.807) is 36.3 Å². The second kappa shape index (κ2) is 11.9. The highest BCUT2D eigenvalue weighted by Gasteiger charge is 2.25. The Kier molecular flexibility index (Phi) is 8.03. The SMILES string of the molecule is COc1ccc(/C(CN2CCN(c3cc4c(cc3F)c(=O)c(C(=O)O)cn4-c3ccc([N+](=O)[O-])cc3F)CC2)=N\O)cc1. The van der Waals surface area contributed by atoms with Crippen LogP contribution in [0, 0.1) is 21.7 Å². The van der Waals surface area contributed by atoms with Crippen LogP contribution in [0.1, 0.15) is 15.9 Å². The van der Waals surface area contributed by atoms with Crippen molar-refractivity contribution >= 4 is 34.0 Å². The highest BCUT2D eigenvalue weighted by atomic mass is 19.1. The Morgan fingerprint density at radius 3 is 2.28 bits per heavy atom. The number of rotatable bonds is 8. The number of pyridine rings is 1. The maximum Gasteiger partial charge on any atom is 0.341 e. The number of non-ortho nitro benzene ring substituents is 1. The summed E-state index contributed by atoms with van der Waals surface area (Å²) in [4.78, 5) is 38.8. The standard InChI is InChI=1S/C29H25F2N5O7/c1-43-19-5-2-17(3-6-19)24(32-40)16-33-8-10-34(11-9-33)27-14-26-20(13-23(27)31)28(37)21(29(38)39)15-35(26)25-7-4-18(36(41)42)12-22(25)30/h2-7,12-15,40H,8-11,16H2,1H3,(H,38,39)/b32-24-. The zero-order valence-corrected chi connectivity index (χ0v) is 22.7. The predicted molar refractivity (Wildman–Crippen MR) is 153 cm³/mol. The molecule has 222 valence electrons. The first-order chi connectivity index (χ1) is 20.6. The molecular weight excluding hydrogens is 568 g/mol. The van der Waals surface area contributed by atoms with Crippen molar-refractivity contribution in [3.05, 3.63) is 104 Å². The number of methoxy groups -OCH3 is 1. The van der Waals surface area contributed by atoms with Gasteiger partial charge in [0.25, 0.3) is 5.69 Å². The van der Waals surface area contributed by atoms with Gasteiger partial charge in [0, 0.05) is 55.9 Å². The molecule has 12 nitrogen and oxygen atoms in total. The second-order valence-electron chi connectivity index (χ2n) is 9.80. The molecule has 0 spiro atoms. The lowest BCUT2D eigenvalue weighted by molar-refractivity contribution is -0.385. The second-order valence-corrected chi connectivity index (χ2v) is 9.80. The fraction of sp³-hybridized carbons (Fsp3) is 0.207. The summed E-state index contributed by atoms with van der Waals surface area (Å²) in [5.41, 5.74) is -1.16. The van der Waals surface area contributed by atoms with Crippen LogP contribution in [0.15, 0.2) is 70.7 Å². The molecule has 2 heterocycles. The van der Waals surface area contributed by atoms with E-state index in [2.05, 4.69) is 5.16 Å². The minimum atomic E-state index is -1.59. The van der Waals surface area contributed by atoms with Crippen molar-refractivity contribution in [3.63, 3.8) is 0 Å². The molecule has 1 saturated heterocycles. The van der Waals surface area contributed by atoms with E-state index in [1.165, 1.54) is 6.07 Å². The zero-order valence-electron chi connectivity index (χ0n) is 22.7. The lowest BCUT2D eigenvalue weighted by Gasteiger charge is -2.36. The van der Waals surface area contributed by atoms with Gasteiger partial charge in [0.15, 0.2) is 5.82 Å². The number of carboxylic acid groups (broad SMARTS) is 1. The van der Waals surface area contributed by atoms with Gasteiger partial charge in [0.05, 0.1) is 35.0 Å². The van der Waals surface area contributed by atoms with Gasteiger partial charge in [-0.2, -0.15) is 0 Å². The summed E-state index contributed by atoms with van der Waals surface area (Å²) in [6, 6.07) is 12.1. The lowest BCUT2D eigenvalue weighted by Crippen LogP contribution is -2.48. The molecule has 1 fully saturated rings. The van der Waals surface area contributed by atoms with Gasteiger partial charge in [-0.1, -0.05) is 5.16 Å². The van der Waals surface area contributed by atoms with E-state index >= 15 is 8.78 Å². The largest absolute Gasteiger partial charge is 0.497 e. The molecule has 0 amide bonds. The molecule has 0 aliphatic carbocycles. The zero-order chi connectivity index (χ0) is 30.8. The molecule has 4 aromatic rings. The highest BCUT2D eigenvalue weighted by Crippen LogP contribution is 2.29. The Morgan fingerprint density at radius 1 is 1.02 bits per heavy atom. The van der Waals surface area contributed by atoms with Crippen LogP contribution in [-0.4, -0.2) is 76.2 Å². The molecule has 2 N–H and O–H groups in total. The number of nitro benzene ring substituents is 1. The number of benzene rings is 3. The van der Waals surface area contributed by atoms with Gasteiger partial charge in [-0.25, -0.2) is 13.6 Å². The van der Waals surface area contributed by atoms with Gasteiger partial charge >= 0.3 is 5.97 Å². The van der Waals surface area contributed by atoms with Crippen molar-refractivity contribution in [1.82, 2.24) is 9.47 Å². The van der Waals surface area contributed by atoms with Crippen LogP contribution in [0.4, 0.5) is 20.2 Å². The third-order valence-electron chi connectivity index (χ3n) is 7.33. The van der Waals surface area contributed by atoms with Crippen molar-refractivity contribution in [2.24, 2.45) is 5.16 Å². The van der Waals surface area contributed by atoms with Crippen LogP contribution in [0.25, 0.3) is 16.6 Å². The molecule has 5 rings (SSSR count). The number of nitrogens with zero attached hydrogens (tertiary/aromatic N) is 5.